The molecule has 4 rings (SSSR count). The molecule has 3 aromatic rings. The van der Waals surface area contributed by atoms with Gasteiger partial charge in [0, 0.05) is 42.6 Å². The summed E-state index contributed by atoms with van der Waals surface area (Å²) < 4.78 is 13.3. The molecule has 2 N–H and O–H groups in total. The van der Waals surface area contributed by atoms with E-state index < -0.39 is 17.3 Å². The van der Waals surface area contributed by atoms with Gasteiger partial charge in [0.25, 0.3) is 0 Å². The second-order valence-electron chi connectivity index (χ2n) is 13.7. The van der Waals surface area contributed by atoms with Crippen LogP contribution >= 0.6 is 11.8 Å². The van der Waals surface area contributed by atoms with E-state index in [1.165, 1.54) is 16.7 Å². The van der Waals surface area contributed by atoms with Gasteiger partial charge in [-0.3, -0.25) is 10.3 Å². The van der Waals surface area contributed by atoms with Crippen LogP contribution < -0.4 is 0 Å². The molecule has 1 aliphatic rings. The number of benzene rings is 1. The van der Waals surface area contributed by atoms with Crippen molar-refractivity contribution < 1.29 is 19.1 Å². The molecule has 2 aromatic heterocycles. The maximum absolute atomic E-state index is 14.0. The number of hydrogen-bond donors (Lipinski definition) is 2. The van der Waals surface area contributed by atoms with Crippen LogP contribution in [-0.4, -0.2) is 76.3 Å². The van der Waals surface area contributed by atoms with Crippen LogP contribution in [0.3, 0.4) is 0 Å². The Balaban J connectivity index is 1.70. The Morgan fingerprint density at radius 3 is 2.48 bits per heavy atom. The molecule has 0 saturated carbocycles. The zero-order chi connectivity index (χ0) is 33.6. The van der Waals surface area contributed by atoms with Crippen LogP contribution in [0.1, 0.15) is 91.2 Å². The van der Waals surface area contributed by atoms with Crippen molar-refractivity contribution in [3.63, 3.8) is 0 Å². The number of piperidine rings is 1. The summed E-state index contributed by atoms with van der Waals surface area (Å²) in [5.41, 5.74) is 1.62. The maximum Gasteiger partial charge on any atom is 0.415 e. The number of carbonyl (C=O) groups excluding carboxylic acids is 2. The Bertz CT molecular complexity index is 1530. The molecule has 0 bridgehead atoms. The van der Waals surface area contributed by atoms with Crippen LogP contribution in [0.2, 0.25) is 0 Å². The van der Waals surface area contributed by atoms with Crippen LogP contribution in [0.4, 0.5) is 9.59 Å². The summed E-state index contributed by atoms with van der Waals surface area (Å²) >= 11 is 1.37. The van der Waals surface area contributed by atoms with Gasteiger partial charge in [-0.25, -0.2) is 19.3 Å². The van der Waals surface area contributed by atoms with Crippen molar-refractivity contribution in [3.8, 4) is 5.69 Å². The van der Waals surface area contributed by atoms with E-state index in [0.29, 0.717) is 24.6 Å². The molecule has 3 heterocycles. The van der Waals surface area contributed by atoms with Gasteiger partial charge in [-0.1, -0.05) is 32.0 Å². The molecule has 0 radical (unpaired) electrons. The molecule has 1 unspecified atom stereocenters. The topological polar surface area (TPSA) is 129 Å². The standard InChI is InChI=1S/C34H47N7O4S/c1-23(2)26-20-36-30(38-26)28(19-29(35)46-25-14-11-17-39(22-25)31(42)44-33(3,4)5)40(32(43)45-34(6,7)8)21-24-13-9-10-15-27(24)41-18-12-16-37-41/h9-10,12-13,15-16,18-20,23,25,35H,11,14,17,21-22H2,1-8H3,(H,36,38)/b28-19+,35-29?. The monoisotopic (exact) mass is 649 g/mol. The number of likely N-dealkylation sites (tertiary alicyclic amines) is 1. The third kappa shape index (κ3) is 9.72. The van der Waals surface area contributed by atoms with Gasteiger partial charge in [0.1, 0.15) is 11.2 Å². The number of H-pyrrole nitrogens is 1. The second kappa shape index (κ2) is 14.6. The predicted molar refractivity (Wildman–Crippen MR) is 182 cm³/mol. The Hall–Kier alpha value is -4.06. The summed E-state index contributed by atoms with van der Waals surface area (Å²) in [5.74, 6) is 0.628. The fourth-order valence-corrected chi connectivity index (χ4v) is 5.99. The molecular weight excluding hydrogens is 602 g/mol. The molecule has 248 valence electrons. The van der Waals surface area contributed by atoms with E-state index in [1.807, 2.05) is 78.1 Å². The summed E-state index contributed by atoms with van der Waals surface area (Å²) in [6, 6.07) is 9.58. The van der Waals surface area contributed by atoms with Gasteiger partial charge in [-0.2, -0.15) is 5.10 Å². The molecule has 0 aliphatic carbocycles. The number of para-hydroxylation sites is 1. The molecule has 0 spiro atoms. The highest BCUT2D eigenvalue weighted by molar-refractivity contribution is 8.14. The van der Waals surface area contributed by atoms with Crippen LogP contribution in [-0.2, 0) is 16.0 Å². The number of thioether (sulfide) groups is 1. The van der Waals surface area contributed by atoms with Crippen LogP contribution in [0.15, 0.2) is 55.0 Å². The molecule has 1 aliphatic heterocycles. The lowest BCUT2D eigenvalue weighted by molar-refractivity contribution is 0.0220. The maximum atomic E-state index is 14.0. The second-order valence-corrected chi connectivity index (χ2v) is 15.0. The molecule has 1 atom stereocenters. The number of hydrogen-bond acceptors (Lipinski definition) is 8. The first-order valence-electron chi connectivity index (χ1n) is 15.7. The van der Waals surface area contributed by atoms with E-state index in [9.17, 15) is 9.59 Å². The Kier molecular flexibility index (Phi) is 11.0. The summed E-state index contributed by atoms with van der Waals surface area (Å²) in [5, 5.41) is 13.7. The molecule has 12 heteroatoms. The lowest BCUT2D eigenvalue weighted by atomic mass is 10.1. The van der Waals surface area contributed by atoms with E-state index >= 15 is 0 Å². The predicted octanol–water partition coefficient (Wildman–Crippen LogP) is 7.61. The number of aromatic nitrogens is 4. The van der Waals surface area contributed by atoms with Crippen LogP contribution in [0.5, 0.6) is 0 Å². The van der Waals surface area contributed by atoms with Crippen molar-refractivity contribution in [1.82, 2.24) is 29.5 Å². The van der Waals surface area contributed by atoms with Crippen molar-refractivity contribution in [2.75, 3.05) is 13.1 Å². The number of rotatable bonds is 8. The number of ether oxygens (including phenoxy) is 2. The molecule has 1 saturated heterocycles. The molecule has 2 amide bonds. The van der Waals surface area contributed by atoms with E-state index in [0.717, 1.165) is 29.8 Å². The number of nitrogens with zero attached hydrogens (tertiary/aromatic N) is 5. The molecule has 1 fully saturated rings. The smallest absolute Gasteiger partial charge is 0.415 e. The first-order chi connectivity index (χ1) is 21.6. The molecular formula is C34H47N7O4S. The van der Waals surface area contributed by atoms with Gasteiger partial charge in [-0.15, -0.1) is 11.8 Å². The SMILES string of the molecule is CC(C)c1cnc(/C(=C\C(=N)SC2CCCN(C(=O)OC(C)(C)C)C2)N(Cc2ccccc2-n2cccn2)C(=O)OC(C)(C)C)[nH]1. The van der Waals surface area contributed by atoms with Crippen molar-refractivity contribution in [2.24, 2.45) is 0 Å². The minimum Gasteiger partial charge on any atom is -0.444 e. The Morgan fingerprint density at radius 1 is 1.13 bits per heavy atom. The first-order valence-corrected chi connectivity index (χ1v) is 16.6. The van der Waals surface area contributed by atoms with Gasteiger partial charge in [0.05, 0.1) is 23.0 Å². The summed E-state index contributed by atoms with van der Waals surface area (Å²) in [4.78, 5) is 38.0. The zero-order valence-corrected chi connectivity index (χ0v) is 29.0. The number of amides is 2. The van der Waals surface area contributed by atoms with Crippen LogP contribution in [0, 0.1) is 5.41 Å². The number of aromatic amines is 1. The third-order valence-electron chi connectivity index (χ3n) is 7.03. The quantitative estimate of drug-likeness (QED) is 0.190. The lowest BCUT2D eigenvalue weighted by Crippen LogP contribution is -2.44. The van der Waals surface area contributed by atoms with E-state index in [-0.39, 0.29) is 28.8 Å². The summed E-state index contributed by atoms with van der Waals surface area (Å²) in [7, 11) is 0. The highest BCUT2D eigenvalue weighted by Crippen LogP contribution is 2.30. The average molecular weight is 650 g/mol. The Labute approximate surface area is 276 Å². The lowest BCUT2D eigenvalue weighted by Gasteiger charge is -2.33. The van der Waals surface area contributed by atoms with E-state index in [2.05, 4.69) is 28.9 Å². The largest absolute Gasteiger partial charge is 0.444 e. The Morgan fingerprint density at radius 2 is 1.85 bits per heavy atom. The van der Waals surface area contributed by atoms with E-state index in [1.54, 1.807) is 28.1 Å². The molecule has 11 nitrogen and oxygen atoms in total. The van der Waals surface area contributed by atoms with Gasteiger partial charge in [-0.05, 0) is 84.1 Å². The highest BCUT2D eigenvalue weighted by Gasteiger charge is 2.31. The van der Waals surface area contributed by atoms with Crippen molar-refractivity contribution in [3.05, 3.63) is 72.1 Å². The minimum atomic E-state index is -0.760. The average Bonchev–Trinajstić information content (AvgIpc) is 3.67. The number of nitrogens with one attached hydrogen (secondary N) is 2. The van der Waals surface area contributed by atoms with Crippen molar-refractivity contribution in [1.29, 1.82) is 5.41 Å². The zero-order valence-electron chi connectivity index (χ0n) is 28.2. The first kappa shape index (κ1) is 34.8. The van der Waals surface area contributed by atoms with Gasteiger partial charge >= 0.3 is 12.2 Å². The van der Waals surface area contributed by atoms with Crippen molar-refractivity contribution in [2.45, 2.75) is 97.1 Å². The summed E-state index contributed by atoms with van der Waals surface area (Å²) in [6.07, 6.45) is 7.73. The van der Waals surface area contributed by atoms with Crippen molar-refractivity contribution >= 4 is 34.7 Å². The van der Waals surface area contributed by atoms with Gasteiger partial charge in [0.2, 0.25) is 0 Å². The van der Waals surface area contributed by atoms with E-state index in [4.69, 9.17) is 14.9 Å². The van der Waals surface area contributed by atoms with Gasteiger partial charge < -0.3 is 19.4 Å². The number of carbonyl (C=O) groups is 2. The fraction of sp³-hybridized carbons (Fsp3) is 0.500. The molecule has 46 heavy (non-hydrogen) atoms. The third-order valence-corrected chi connectivity index (χ3v) is 8.12. The minimum absolute atomic E-state index is 0.00962. The molecule has 1 aromatic carbocycles. The summed E-state index contributed by atoms with van der Waals surface area (Å²) in [6.45, 7) is 16.4. The normalized spacial score (nSPS) is 16.0. The number of imidazole rings is 1. The highest BCUT2D eigenvalue weighted by atomic mass is 32.2. The van der Waals surface area contributed by atoms with Gasteiger partial charge in [0.15, 0.2) is 5.82 Å². The fourth-order valence-electron chi connectivity index (χ4n) is 4.91. The van der Waals surface area contributed by atoms with Crippen LogP contribution in [0.25, 0.3) is 11.4 Å².